The lowest BCUT2D eigenvalue weighted by atomic mass is 10.00. The molecule has 0 radical (unpaired) electrons. The summed E-state index contributed by atoms with van der Waals surface area (Å²) in [4.78, 5) is 36.1. The second-order valence-electron chi connectivity index (χ2n) is 8.49. The van der Waals surface area contributed by atoms with Gasteiger partial charge >= 0.3 is 0 Å². The van der Waals surface area contributed by atoms with Gasteiger partial charge in [-0.3, -0.25) is 14.5 Å². The summed E-state index contributed by atoms with van der Waals surface area (Å²) in [6, 6.07) is 18.5. The third-order valence-electron chi connectivity index (χ3n) is 6.42. The van der Waals surface area contributed by atoms with E-state index >= 15 is 0 Å². The molecular formula is C25H26N4O2S. The standard InChI is InChI=1S/C25H26N4O2S/c1-18-15-27(11-12-29(18)25(31)23-26-10-13-32-23)22-16-28(17-22)24(30)21-9-5-8-20(14-21)19-6-3-2-4-7-19/h2-10,13-14,18,22H,11-12,15-17H2,1H3. The van der Waals surface area contributed by atoms with Crippen LogP contribution in [0.15, 0.2) is 66.2 Å². The van der Waals surface area contributed by atoms with Gasteiger partial charge in [0.25, 0.3) is 11.8 Å². The molecule has 2 aliphatic rings. The van der Waals surface area contributed by atoms with Gasteiger partial charge in [-0.25, -0.2) is 4.98 Å². The Kier molecular flexibility index (Phi) is 5.76. The SMILES string of the molecule is CC1CN(C2CN(C(=O)c3cccc(-c4ccccc4)c3)C2)CCN1C(=O)c1nccs1. The van der Waals surface area contributed by atoms with E-state index in [1.54, 1.807) is 6.20 Å². The van der Waals surface area contributed by atoms with Gasteiger partial charge in [-0.05, 0) is 30.2 Å². The zero-order valence-electron chi connectivity index (χ0n) is 18.1. The van der Waals surface area contributed by atoms with Gasteiger partial charge in [-0.2, -0.15) is 0 Å². The molecule has 164 valence electrons. The maximum absolute atomic E-state index is 13.0. The van der Waals surface area contributed by atoms with Crippen LogP contribution in [-0.2, 0) is 0 Å². The molecule has 0 N–H and O–H groups in total. The number of thiazole rings is 1. The Hall–Kier alpha value is -3.03. The van der Waals surface area contributed by atoms with Crippen LogP contribution in [0.2, 0.25) is 0 Å². The number of nitrogens with zero attached hydrogens (tertiary/aromatic N) is 4. The van der Waals surface area contributed by atoms with Gasteiger partial charge in [-0.15, -0.1) is 11.3 Å². The van der Waals surface area contributed by atoms with Crippen molar-refractivity contribution in [3.8, 4) is 11.1 Å². The Morgan fingerprint density at radius 2 is 1.72 bits per heavy atom. The first-order valence-corrected chi connectivity index (χ1v) is 11.9. The van der Waals surface area contributed by atoms with Crippen molar-refractivity contribution in [2.24, 2.45) is 0 Å². The monoisotopic (exact) mass is 446 g/mol. The van der Waals surface area contributed by atoms with Gasteiger partial charge in [0.2, 0.25) is 0 Å². The van der Waals surface area contributed by atoms with Crippen molar-refractivity contribution in [2.45, 2.75) is 19.0 Å². The fraction of sp³-hybridized carbons (Fsp3) is 0.320. The number of carbonyl (C=O) groups is 2. The predicted octanol–water partition coefficient (Wildman–Crippen LogP) is 3.48. The first-order valence-electron chi connectivity index (χ1n) is 11.0. The Balaban J connectivity index is 1.17. The van der Waals surface area contributed by atoms with Crippen LogP contribution in [0.3, 0.4) is 0 Å². The summed E-state index contributed by atoms with van der Waals surface area (Å²) in [6.07, 6.45) is 1.67. The van der Waals surface area contributed by atoms with Crippen molar-refractivity contribution >= 4 is 23.2 Å². The van der Waals surface area contributed by atoms with Gasteiger partial charge in [-0.1, -0.05) is 42.5 Å². The topological polar surface area (TPSA) is 56.8 Å². The molecule has 7 heteroatoms. The summed E-state index contributed by atoms with van der Waals surface area (Å²) in [5.74, 6) is 0.112. The number of benzene rings is 2. The minimum absolute atomic E-state index is 0.0239. The van der Waals surface area contributed by atoms with Crippen molar-refractivity contribution < 1.29 is 9.59 Å². The van der Waals surface area contributed by atoms with Crippen LogP contribution in [0.25, 0.3) is 11.1 Å². The number of aromatic nitrogens is 1. The van der Waals surface area contributed by atoms with Gasteiger partial charge < -0.3 is 9.80 Å². The lowest BCUT2D eigenvalue weighted by Crippen LogP contribution is -2.66. The average molecular weight is 447 g/mol. The van der Waals surface area contributed by atoms with Crippen LogP contribution < -0.4 is 0 Å². The highest BCUT2D eigenvalue weighted by Gasteiger charge is 2.39. The molecule has 2 aliphatic heterocycles. The maximum Gasteiger partial charge on any atom is 0.283 e. The maximum atomic E-state index is 13.0. The van der Waals surface area contributed by atoms with E-state index in [0.717, 1.165) is 42.9 Å². The molecule has 0 bridgehead atoms. The van der Waals surface area contributed by atoms with Crippen molar-refractivity contribution in [1.82, 2.24) is 19.7 Å². The Labute approximate surface area is 192 Å². The molecule has 2 saturated heterocycles. The Morgan fingerprint density at radius 3 is 2.44 bits per heavy atom. The smallest absolute Gasteiger partial charge is 0.283 e. The summed E-state index contributed by atoms with van der Waals surface area (Å²) in [7, 11) is 0. The molecule has 0 spiro atoms. The molecule has 3 heterocycles. The van der Waals surface area contributed by atoms with Crippen LogP contribution in [0.1, 0.15) is 27.1 Å². The number of rotatable bonds is 4. The van der Waals surface area contributed by atoms with E-state index in [1.807, 2.05) is 57.6 Å². The van der Waals surface area contributed by atoms with Crippen LogP contribution >= 0.6 is 11.3 Å². The van der Waals surface area contributed by atoms with Crippen LogP contribution in [0.4, 0.5) is 0 Å². The molecule has 6 nitrogen and oxygen atoms in total. The third kappa shape index (κ3) is 4.06. The number of carbonyl (C=O) groups excluding carboxylic acids is 2. The van der Waals surface area contributed by atoms with E-state index in [2.05, 4.69) is 28.9 Å². The highest BCUT2D eigenvalue weighted by atomic mass is 32.1. The van der Waals surface area contributed by atoms with E-state index in [4.69, 9.17) is 0 Å². The third-order valence-corrected chi connectivity index (χ3v) is 7.18. The summed E-state index contributed by atoms with van der Waals surface area (Å²) in [6.45, 7) is 5.92. The first kappa shape index (κ1) is 20.8. The quantitative estimate of drug-likeness (QED) is 0.616. The lowest BCUT2D eigenvalue weighted by molar-refractivity contribution is -0.00415. The molecule has 32 heavy (non-hydrogen) atoms. The molecule has 2 amide bonds. The van der Waals surface area contributed by atoms with Gasteiger partial charge in [0.15, 0.2) is 5.01 Å². The van der Waals surface area contributed by atoms with E-state index in [0.29, 0.717) is 17.6 Å². The second-order valence-corrected chi connectivity index (χ2v) is 9.39. The molecule has 0 saturated carbocycles. The summed E-state index contributed by atoms with van der Waals surface area (Å²) < 4.78 is 0. The summed E-state index contributed by atoms with van der Waals surface area (Å²) >= 11 is 1.39. The predicted molar refractivity (Wildman–Crippen MR) is 126 cm³/mol. The molecule has 5 rings (SSSR count). The van der Waals surface area contributed by atoms with Gasteiger partial charge in [0.05, 0.1) is 0 Å². The molecule has 2 fully saturated rings. The summed E-state index contributed by atoms with van der Waals surface area (Å²) in [5.41, 5.74) is 2.91. The number of likely N-dealkylation sites (tertiary alicyclic amines) is 1. The van der Waals surface area contributed by atoms with Gasteiger partial charge in [0, 0.05) is 61.9 Å². The van der Waals surface area contributed by atoms with Crippen molar-refractivity contribution in [3.63, 3.8) is 0 Å². The fourth-order valence-corrected chi connectivity index (χ4v) is 5.16. The molecule has 1 unspecified atom stereocenters. The van der Waals surface area contributed by atoms with Crippen LogP contribution in [-0.4, -0.2) is 76.3 Å². The normalized spacial score (nSPS) is 19.6. The van der Waals surface area contributed by atoms with E-state index in [-0.39, 0.29) is 17.9 Å². The van der Waals surface area contributed by atoms with Crippen LogP contribution in [0.5, 0.6) is 0 Å². The fourth-order valence-electron chi connectivity index (χ4n) is 4.57. The van der Waals surface area contributed by atoms with Crippen LogP contribution in [0, 0.1) is 0 Å². The highest BCUT2D eigenvalue weighted by molar-refractivity contribution is 7.11. The van der Waals surface area contributed by atoms with E-state index in [1.165, 1.54) is 11.3 Å². The first-order chi connectivity index (χ1) is 15.6. The number of piperazine rings is 1. The molecule has 0 aliphatic carbocycles. The minimum Gasteiger partial charge on any atom is -0.335 e. The molecule has 3 aromatic rings. The number of hydrogen-bond donors (Lipinski definition) is 0. The largest absolute Gasteiger partial charge is 0.335 e. The molecule has 2 aromatic carbocycles. The van der Waals surface area contributed by atoms with E-state index < -0.39 is 0 Å². The molecular weight excluding hydrogens is 420 g/mol. The number of amides is 2. The average Bonchev–Trinajstić information content (AvgIpc) is 3.33. The highest BCUT2D eigenvalue weighted by Crippen LogP contribution is 2.25. The molecule has 1 atom stereocenters. The zero-order chi connectivity index (χ0) is 22.1. The zero-order valence-corrected chi connectivity index (χ0v) is 18.9. The Bertz CT molecular complexity index is 1100. The van der Waals surface area contributed by atoms with Crippen molar-refractivity contribution in [2.75, 3.05) is 32.7 Å². The Morgan fingerprint density at radius 1 is 0.938 bits per heavy atom. The van der Waals surface area contributed by atoms with E-state index in [9.17, 15) is 9.59 Å². The van der Waals surface area contributed by atoms with Crippen molar-refractivity contribution in [3.05, 3.63) is 76.7 Å². The lowest BCUT2D eigenvalue weighted by Gasteiger charge is -2.49. The second kappa shape index (κ2) is 8.84. The molecule has 1 aromatic heterocycles. The number of hydrogen-bond acceptors (Lipinski definition) is 5. The van der Waals surface area contributed by atoms with Crippen molar-refractivity contribution in [1.29, 1.82) is 0 Å². The van der Waals surface area contributed by atoms with Gasteiger partial charge in [0.1, 0.15) is 0 Å². The summed E-state index contributed by atoms with van der Waals surface area (Å²) in [5, 5.41) is 2.40. The minimum atomic E-state index is 0.0239.